The molecule has 7 nitrogen and oxygen atoms in total. The fourth-order valence-corrected chi connectivity index (χ4v) is 4.57. The van der Waals surface area contributed by atoms with Crippen molar-refractivity contribution in [2.24, 2.45) is 0 Å². The number of carbonyl (C=O) groups is 1. The van der Waals surface area contributed by atoms with Crippen molar-refractivity contribution in [3.05, 3.63) is 74.9 Å². The van der Waals surface area contributed by atoms with Gasteiger partial charge in [0.05, 0.1) is 30.2 Å². The molecule has 0 saturated carbocycles. The van der Waals surface area contributed by atoms with Gasteiger partial charge in [-0.05, 0) is 36.2 Å². The van der Waals surface area contributed by atoms with Crippen molar-refractivity contribution in [3.63, 3.8) is 0 Å². The third-order valence-electron chi connectivity index (χ3n) is 5.90. The number of benzene rings is 1. The lowest BCUT2D eigenvalue weighted by molar-refractivity contribution is 0.0353. The van der Waals surface area contributed by atoms with Crippen molar-refractivity contribution in [2.75, 3.05) is 39.4 Å². The van der Waals surface area contributed by atoms with E-state index in [-0.39, 0.29) is 17.1 Å². The quantitative estimate of drug-likeness (QED) is 0.608. The Morgan fingerprint density at radius 1 is 1.13 bits per heavy atom. The zero-order valence-electron chi connectivity index (χ0n) is 16.9. The highest BCUT2D eigenvalue weighted by Crippen LogP contribution is 2.38. The number of morpholine rings is 1. The molecule has 0 bridgehead atoms. The van der Waals surface area contributed by atoms with Gasteiger partial charge in [-0.3, -0.25) is 19.5 Å². The molecular weight excluding hydrogens is 418 g/mol. The Morgan fingerprint density at radius 3 is 2.74 bits per heavy atom. The molecule has 2 aliphatic rings. The summed E-state index contributed by atoms with van der Waals surface area (Å²) in [5.74, 6) is -0.153. The first-order valence-electron chi connectivity index (χ1n) is 10.4. The van der Waals surface area contributed by atoms with E-state index in [0.717, 1.165) is 44.8 Å². The monoisotopic (exact) mass is 439 g/mol. The smallest absolute Gasteiger partial charge is 0.290 e. The molecule has 0 aliphatic carbocycles. The zero-order valence-corrected chi connectivity index (χ0v) is 17.7. The number of amides is 1. The average molecular weight is 440 g/mol. The number of pyridine rings is 1. The van der Waals surface area contributed by atoms with E-state index in [9.17, 15) is 9.59 Å². The Morgan fingerprint density at radius 2 is 1.97 bits per heavy atom. The van der Waals surface area contributed by atoms with E-state index >= 15 is 0 Å². The molecule has 1 fully saturated rings. The number of fused-ring (bicyclic) bond motifs is 2. The molecule has 2 aromatic heterocycles. The molecule has 8 heteroatoms. The molecule has 5 rings (SSSR count). The molecule has 160 valence electrons. The minimum atomic E-state index is -0.527. The summed E-state index contributed by atoms with van der Waals surface area (Å²) in [4.78, 5) is 35.0. The van der Waals surface area contributed by atoms with E-state index in [2.05, 4.69) is 9.88 Å². The van der Waals surface area contributed by atoms with Gasteiger partial charge in [-0.15, -0.1) is 0 Å². The van der Waals surface area contributed by atoms with E-state index in [1.165, 1.54) is 0 Å². The molecule has 1 aromatic carbocycles. The molecule has 0 unspecified atom stereocenters. The maximum Gasteiger partial charge on any atom is 0.290 e. The Bertz CT molecular complexity index is 1170. The van der Waals surface area contributed by atoms with Gasteiger partial charge in [0, 0.05) is 43.6 Å². The molecule has 0 N–H and O–H groups in total. The number of carbonyl (C=O) groups excluding carboxylic acids is 1. The number of hydrogen-bond acceptors (Lipinski definition) is 6. The van der Waals surface area contributed by atoms with Crippen molar-refractivity contribution in [1.29, 1.82) is 0 Å². The minimum absolute atomic E-state index is 0.111. The standard InChI is InChI=1S/C23H22ClN3O4/c24-16-4-5-18-17(13-16)21(28)19-20(15-3-1-6-25-14-15)27(23(29)22(19)31-18)8-2-7-26-9-11-30-12-10-26/h1,3-6,13-14,20H,2,7-12H2/t20-/m1/s1. The van der Waals surface area contributed by atoms with Crippen molar-refractivity contribution < 1.29 is 13.9 Å². The molecule has 31 heavy (non-hydrogen) atoms. The predicted molar refractivity (Wildman–Crippen MR) is 116 cm³/mol. The molecular formula is C23H22ClN3O4. The Balaban J connectivity index is 1.52. The molecule has 3 aromatic rings. The summed E-state index contributed by atoms with van der Waals surface area (Å²) >= 11 is 6.11. The van der Waals surface area contributed by atoms with Gasteiger partial charge in [-0.25, -0.2) is 0 Å². The highest BCUT2D eigenvalue weighted by Gasteiger charge is 2.42. The summed E-state index contributed by atoms with van der Waals surface area (Å²) in [6.45, 7) is 4.64. The summed E-state index contributed by atoms with van der Waals surface area (Å²) in [5.41, 5.74) is 1.28. The lowest BCUT2D eigenvalue weighted by Crippen LogP contribution is -2.38. The van der Waals surface area contributed by atoms with Crippen LogP contribution in [0.3, 0.4) is 0 Å². The van der Waals surface area contributed by atoms with Gasteiger partial charge in [0.1, 0.15) is 5.58 Å². The largest absolute Gasteiger partial charge is 0.450 e. The second kappa shape index (κ2) is 8.42. The Labute approximate surface area is 184 Å². The fourth-order valence-electron chi connectivity index (χ4n) is 4.40. The van der Waals surface area contributed by atoms with Crippen LogP contribution in [0.4, 0.5) is 0 Å². The Kier molecular flexibility index (Phi) is 5.48. The molecule has 0 spiro atoms. The number of aromatic nitrogens is 1. The lowest BCUT2D eigenvalue weighted by Gasteiger charge is -2.29. The fraction of sp³-hybridized carbons (Fsp3) is 0.348. The van der Waals surface area contributed by atoms with E-state index < -0.39 is 6.04 Å². The average Bonchev–Trinajstić information content (AvgIpc) is 3.08. The van der Waals surface area contributed by atoms with Crippen LogP contribution in [0.2, 0.25) is 5.02 Å². The molecule has 4 heterocycles. The second-order valence-electron chi connectivity index (χ2n) is 7.81. The number of nitrogens with zero attached hydrogens (tertiary/aromatic N) is 3. The Hall–Kier alpha value is -2.74. The number of rotatable bonds is 5. The molecule has 2 aliphatic heterocycles. The van der Waals surface area contributed by atoms with Crippen LogP contribution in [0.1, 0.15) is 34.1 Å². The molecule has 1 saturated heterocycles. The summed E-state index contributed by atoms with van der Waals surface area (Å²) in [7, 11) is 0. The lowest BCUT2D eigenvalue weighted by atomic mass is 10.00. The van der Waals surface area contributed by atoms with Crippen LogP contribution in [0.15, 0.2) is 51.9 Å². The summed E-state index contributed by atoms with van der Waals surface area (Å²) in [6.07, 6.45) is 4.16. The first-order valence-corrected chi connectivity index (χ1v) is 10.8. The SMILES string of the molecule is O=C1c2oc3ccc(Cl)cc3c(=O)c2[C@@H](c2cccnc2)N1CCCN1CCOCC1. The van der Waals surface area contributed by atoms with E-state index in [1.54, 1.807) is 35.5 Å². The van der Waals surface area contributed by atoms with Crippen LogP contribution in [-0.2, 0) is 4.74 Å². The van der Waals surface area contributed by atoms with Gasteiger partial charge in [0.25, 0.3) is 5.91 Å². The topological polar surface area (TPSA) is 75.9 Å². The summed E-state index contributed by atoms with van der Waals surface area (Å²) in [5, 5.41) is 0.826. The van der Waals surface area contributed by atoms with E-state index in [4.69, 9.17) is 20.8 Å². The van der Waals surface area contributed by atoms with Gasteiger partial charge in [-0.2, -0.15) is 0 Å². The predicted octanol–water partition coefficient (Wildman–Crippen LogP) is 3.11. The summed E-state index contributed by atoms with van der Waals surface area (Å²) < 4.78 is 11.3. The van der Waals surface area contributed by atoms with Crippen molar-refractivity contribution in [3.8, 4) is 0 Å². The van der Waals surface area contributed by atoms with Crippen LogP contribution >= 0.6 is 11.6 Å². The molecule has 1 amide bonds. The summed E-state index contributed by atoms with van der Waals surface area (Å²) in [6, 6.07) is 8.04. The van der Waals surface area contributed by atoms with Gasteiger partial charge >= 0.3 is 0 Å². The highest BCUT2D eigenvalue weighted by molar-refractivity contribution is 6.31. The van der Waals surface area contributed by atoms with Gasteiger partial charge < -0.3 is 14.1 Å². The number of halogens is 1. The number of ether oxygens (including phenoxy) is 1. The first kappa shape index (κ1) is 20.2. The van der Waals surface area contributed by atoms with Crippen LogP contribution < -0.4 is 5.43 Å². The minimum Gasteiger partial charge on any atom is -0.450 e. The maximum atomic E-state index is 13.4. The van der Waals surface area contributed by atoms with Gasteiger partial charge in [0.2, 0.25) is 5.76 Å². The van der Waals surface area contributed by atoms with Crippen LogP contribution in [0.5, 0.6) is 0 Å². The van der Waals surface area contributed by atoms with Crippen LogP contribution in [0, 0.1) is 0 Å². The highest BCUT2D eigenvalue weighted by atomic mass is 35.5. The molecule has 1 atom stereocenters. The second-order valence-corrected chi connectivity index (χ2v) is 8.25. The van der Waals surface area contributed by atoms with Gasteiger partial charge in [0.15, 0.2) is 5.43 Å². The van der Waals surface area contributed by atoms with Crippen LogP contribution in [0.25, 0.3) is 11.0 Å². The van der Waals surface area contributed by atoms with Crippen LogP contribution in [-0.4, -0.2) is 60.1 Å². The van der Waals surface area contributed by atoms with Crippen molar-refractivity contribution in [2.45, 2.75) is 12.5 Å². The zero-order chi connectivity index (χ0) is 21.4. The normalized spacial score (nSPS) is 19.2. The first-order chi connectivity index (χ1) is 15.1. The van der Waals surface area contributed by atoms with Crippen molar-refractivity contribution in [1.82, 2.24) is 14.8 Å². The molecule has 0 radical (unpaired) electrons. The van der Waals surface area contributed by atoms with E-state index in [0.29, 0.717) is 28.1 Å². The third-order valence-corrected chi connectivity index (χ3v) is 6.14. The third kappa shape index (κ3) is 3.73. The van der Waals surface area contributed by atoms with E-state index in [1.807, 2.05) is 12.1 Å². The number of hydrogen-bond donors (Lipinski definition) is 0. The maximum absolute atomic E-state index is 13.4. The van der Waals surface area contributed by atoms with Gasteiger partial charge in [-0.1, -0.05) is 17.7 Å². The van der Waals surface area contributed by atoms with Crippen molar-refractivity contribution >= 4 is 28.5 Å².